The first kappa shape index (κ1) is 23.5. The van der Waals surface area contributed by atoms with Crippen molar-refractivity contribution in [1.82, 2.24) is 0 Å². The van der Waals surface area contributed by atoms with Gasteiger partial charge in [-0.25, -0.2) is 0 Å². The second-order valence-electron chi connectivity index (χ2n) is 12.2. The van der Waals surface area contributed by atoms with Crippen molar-refractivity contribution in [3.05, 3.63) is 23.8 Å². The van der Waals surface area contributed by atoms with Crippen LogP contribution in [0.2, 0.25) is 0 Å². The maximum Gasteiger partial charge on any atom is 0.105 e. The molecular weight excluding hydrogens is 388 g/mol. The van der Waals surface area contributed by atoms with E-state index < -0.39 is 28.8 Å². The maximum atomic E-state index is 12.2. The summed E-state index contributed by atoms with van der Waals surface area (Å²) < 4.78 is 0. The number of fused-ring (bicyclic) bond motifs is 5. The molecule has 0 bridgehead atoms. The smallest absolute Gasteiger partial charge is 0.105 e. The molecule has 0 spiro atoms. The van der Waals surface area contributed by atoms with E-state index in [-0.39, 0.29) is 17.8 Å². The number of allylic oxidation sites excluding steroid dienone is 2. The largest absolute Gasteiger partial charge is 0.393 e. The van der Waals surface area contributed by atoms with Gasteiger partial charge in [0.1, 0.15) is 11.7 Å². The predicted molar refractivity (Wildman–Crippen MR) is 123 cm³/mol. The molecule has 9 atom stereocenters. The van der Waals surface area contributed by atoms with Crippen LogP contribution in [0.4, 0.5) is 0 Å². The second kappa shape index (κ2) is 7.68. The lowest BCUT2D eigenvalue weighted by molar-refractivity contribution is -0.258. The standard InChI is InChI=1S/C27H44O4/c1-17(2)7-6-8-18(3)20-9-10-21-22-15-23(29)27(31)16-19(28)11-12-25(27,5)26(22,30)14-13-24(20,21)4/h6,8,15,17-21,23,28-31H,7,9-14,16H2,1-5H3. The second-order valence-corrected chi connectivity index (χ2v) is 12.2. The summed E-state index contributed by atoms with van der Waals surface area (Å²) in [5.41, 5.74) is -2.37. The topological polar surface area (TPSA) is 80.9 Å². The highest BCUT2D eigenvalue weighted by Crippen LogP contribution is 2.69. The van der Waals surface area contributed by atoms with Gasteiger partial charge >= 0.3 is 0 Å². The SMILES string of the molecule is CC(C)CC=CC(C)C1CCC2C3=CC(O)C4(O)CC(O)CCC4(C)C3(O)CCC21C. The predicted octanol–water partition coefficient (Wildman–Crippen LogP) is 4.37. The van der Waals surface area contributed by atoms with Gasteiger partial charge in [0.15, 0.2) is 0 Å². The number of rotatable bonds is 4. The van der Waals surface area contributed by atoms with Gasteiger partial charge in [-0.1, -0.05) is 52.8 Å². The zero-order valence-corrected chi connectivity index (χ0v) is 20.1. The summed E-state index contributed by atoms with van der Waals surface area (Å²) in [5, 5.41) is 45.1. The zero-order valence-electron chi connectivity index (χ0n) is 20.1. The average molecular weight is 433 g/mol. The first-order chi connectivity index (χ1) is 14.4. The molecule has 4 aliphatic carbocycles. The third-order valence-electron chi connectivity index (χ3n) is 10.2. The van der Waals surface area contributed by atoms with E-state index in [1.807, 2.05) is 6.92 Å². The Hall–Kier alpha value is -0.680. The fourth-order valence-electron chi connectivity index (χ4n) is 8.11. The van der Waals surface area contributed by atoms with Gasteiger partial charge in [-0.15, -0.1) is 0 Å². The molecule has 3 saturated carbocycles. The minimum atomic E-state index is -1.48. The van der Waals surface area contributed by atoms with Gasteiger partial charge in [-0.2, -0.15) is 0 Å². The van der Waals surface area contributed by atoms with E-state index in [1.165, 1.54) is 0 Å². The molecule has 0 aromatic rings. The molecule has 0 aliphatic heterocycles. The summed E-state index contributed by atoms with van der Waals surface area (Å²) in [6, 6.07) is 0. The molecule has 176 valence electrons. The van der Waals surface area contributed by atoms with Gasteiger partial charge in [0.05, 0.1) is 11.7 Å². The van der Waals surface area contributed by atoms with Crippen molar-refractivity contribution in [2.75, 3.05) is 0 Å². The molecule has 4 rings (SSSR count). The Kier molecular flexibility index (Phi) is 5.82. The fraction of sp³-hybridized carbons (Fsp3) is 0.852. The van der Waals surface area contributed by atoms with E-state index in [0.29, 0.717) is 37.0 Å². The summed E-state index contributed by atoms with van der Waals surface area (Å²) in [4.78, 5) is 0. The number of aliphatic hydroxyl groups excluding tert-OH is 2. The van der Waals surface area contributed by atoms with Gasteiger partial charge in [-0.05, 0) is 79.6 Å². The third kappa shape index (κ3) is 3.23. The van der Waals surface area contributed by atoms with Crippen molar-refractivity contribution >= 4 is 0 Å². The van der Waals surface area contributed by atoms with Crippen LogP contribution in [0.5, 0.6) is 0 Å². The highest BCUT2D eigenvalue weighted by Gasteiger charge is 2.70. The highest BCUT2D eigenvalue weighted by atomic mass is 16.4. The molecule has 3 fully saturated rings. The molecule has 0 amide bonds. The van der Waals surface area contributed by atoms with Crippen molar-refractivity contribution < 1.29 is 20.4 Å². The normalized spacial score (nSPS) is 50.7. The van der Waals surface area contributed by atoms with Crippen LogP contribution < -0.4 is 0 Å². The van der Waals surface area contributed by atoms with E-state index in [4.69, 9.17) is 0 Å². The first-order valence-corrected chi connectivity index (χ1v) is 12.6. The quantitative estimate of drug-likeness (QED) is 0.498. The molecular formula is C27H44O4. The van der Waals surface area contributed by atoms with Crippen LogP contribution in [0, 0.1) is 34.5 Å². The van der Waals surface area contributed by atoms with E-state index in [9.17, 15) is 20.4 Å². The third-order valence-corrected chi connectivity index (χ3v) is 10.2. The Labute approximate surface area is 188 Å². The van der Waals surface area contributed by atoms with Crippen molar-refractivity contribution in [2.24, 2.45) is 34.5 Å². The number of hydrogen-bond acceptors (Lipinski definition) is 4. The van der Waals surface area contributed by atoms with Crippen molar-refractivity contribution in [3.8, 4) is 0 Å². The van der Waals surface area contributed by atoms with Crippen LogP contribution in [0.15, 0.2) is 23.8 Å². The molecule has 0 heterocycles. The minimum absolute atomic E-state index is 0.0966. The van der Waals surface area contributed by atoms with Gasteiger partial charge in [-0.3, -0.25) is 0 Å². The van der Waals surface area contributed by atoms with Gasteiger partial charge < -0.3 is 20.4 Å². The van der Waals surface area contributed by atoms with E-state index in [1.54, 1.807) is 6.08 Å². The van der Waals surface area contributed by atoms with E-state index in [0.717, 1.165) is 31.3 Å². The molecule has 31 heavy (non-hydrogen) atoms. The summed E-state index contributed by atoms with van der Waals surface area (Å²) in [6.07, 6.45) is 10.9. The van der Waals surface area contributed by atoms with Crippen LogP contribution in [-0.2, 0) is 0 Å². The Bertz CT molecular complexity index is 758. The summed E-state index contributed by atoms with van der Waals surface area (Å²) in [6.45, 7) is 11.2. The molecule has 4 N–H and O–H groups in total. The van der Waals surface area contributed by atoms with Gasteiger partial charge in [0.25, 0.3) is 0 Å². The molecule has 0 radical (unpaired) electrons. The molecule has 0 aromatic carbocycles. The Morgan fingerprint density at radius 3 is 2.42 bits per heavy atom. The fourth-order valence-corrected chi connectivity index (χ4v) is 8.11. The Balaban J connectivity index is 1.67. The van der Waals surface area contributed by atoms with Crippen molar-refractivity contribution in [3.63, 3.8) is 0 Å². The maximum absolute atomic E-state index is 12.2. The zero-order chi connectivity index (χ0) is 22.8. The summed E-state index contributed by atoms with van der Waals surface area (Å²) in [5.74, 6) is 1.96. The molecule has 4 nitrogen and oxygen atoms in total. The van der Waals surface area contributed by atoms with Crippen LogP contribution in [0.25, 0.3) is 0 Å². The molecule has 4 aliphatic rings. The minimum Gasteiger partial charge on any atom is -0.393 e. The van der Waals surface area contributed by atoms with Gasteiger partial charge in [0, 0.05) is 11.8 Å². The van der Waals surface area contributed by atoms with E-state index >= 15 is 0 Å². The number of hydrogen-bond donors (Lipinski definition) is 4. The molecule has 0 aromatic heterocycles. The van der Waals surface area contributed by atoms with Crippen LogP contribution in [-0.4, -0.2) is 43.8 Å². The van der Waals surface area contributed by atoms with E-state index in [2.05, 4.69) is 39.8 Å². The van der Waals surface area contributed by atoms with Crippen LogP contribution in [0.3, 0.4) is 0 Å². The first-order valence-electron chi connectivity index (χ1n) is 12.6. The lowest BCUT2D eigenvalue weighted by Gasteiger charge is -2.65. The average Bonchev–Trinajstić information content (AvgIpc) is 3.03. The van der Waals surface area contributed by atoms with Crippen LogP contribution in [0.1, 0.15) is 86.0 Å². The molecule has 4 heteroatoms. The van der Waals surface area contributed by atoms with Crippen molar-refractivity contribution in [2.45, 2.75) is 109 Å². The lowest BCUT2D eigenvalue weighted by atomic mass is 9.43. The highest BCUT2D eigenvalue weighted by molar-refractivity contribution is 5.40. The monoisotopic (exact) mass is 432 g/mol. The molecule has 0 saturated heterocycles. The van der Waals surface area contributed by atoms with Crippen molar-refractivity contribution in [1.29, 1.82) is 0 Å². The van der Waals surface area contributed by atoms with Crippen LogP contribution >= 0.6 is 0 Å². The Morgan fingerprint density at radius 2 is 1.74 bits per heavy atom. The Morgan fingerprint density at radius 1 is 1.03 bits per heavy atom. The molecule has 9 unspecified atom stereocenters. The summed E-state index contributed by atoms with van der Waals surface area (Å²) >= 11 is 0. The van der Waals surface area contributed by atoms with Gasteiger partial charge in [0.2, 0.25) is 0 Å². The summed E-state index contributed by atoms with van der Waals surface area (Å²) in [7, 11) is 0. The lowest BCUT2D eigenvalue weighted by Crippen LogP contribution is -2.72. The number of aliphatic hydroxyl groups is 4.